The van der Waals surface area contributed by atoms with Crippen molar-refractivity contribution in [2.24, 2.45) is 5.41 Å². The van der Waals surface area contributed by atoms with Crippen molar-refractivity contribution in [3.05, 3.63) is 35.9 Å². The van der Waals surface area contributed by atoms with E-state index in [-0.39, 0.29) is 12.5 Å². The predicted molar refractivity (Wildman–Crippen MR) is 102 cm³/mol. The topological polar surface area (TPSA) is 42.0 Å². The summed E-state index contributed by atoms with van der Waals surface area (Å²) in [7, 11) is 3.87. The highest BCUT2D eigenvalue weighted by molar-refractivity contribution is 5.77. The molecule has 144 valence electrons. The summed E-state index contributed by atoms with van der Waals surface area (Å²) in [5.74, 6) is 0.703. The van der Waals surface area contributed by atoms with Crippen molar-refractivity contribution < 1.29 is 14.3 Å². The highest BCUT2D eigenvalue weighted by Gasteiger charge is 2.41. The van der Waals surface area contributed by atoms with E-state index in [4.69, 9.17) is 9.47 Å². The van der Waals surface area contributed by atoms with Crippen molar-refractivity contribution in [3.8, 4) is 0 Å². The standard InChI is InChI=1S/C21H32N2O3/c1-22-15-19(18-6-4-3-5-7-18)14-21(17-22)8-10-23(11-9-21)20(24)16-26-13-12-25-2/h3-7,19H,8-17H2,1-2H3/t19-/m0/s1. The van der Waals surface area contributed by atoms with Crippen LogP contribution in [0.1, 0.15) is 30.7 Å². The Morgan fingerprint density at radius 3 is 2.62 bits per heavy atom. The number of piperidine rings is 2. The molecular formula is C21H32N2O3. The molecule has 1 aromatic rings. The lowest BCUT2D eigenvalue weighted by molar-refractivity contribution is -0.139. The van der Waals surface area contributed by atoms with Crippen molar-refractivity contribution in [2.75, 3.05) is 60.2 Å². The van der Waals surface area contributed by atoms with Crippen LogP contribution in [0.15, 0.2) is 30.3 Å². The number of hydrogen-bond donors (Lipinski definition) is 0. The Kier molecular flexibility index (Phi) is 6.68. The minimum Gasteiger partial charge on any atom is -0.382 e. The number of amides is 1. The van der Waals surface area contributed by atoms with Gasteiger partial charge in [-0.25, -0.2) is 0 Å². The number of hydrogen-bond acceptors (Lipinski definition) is 4. The number of likely N-dealkylation sites (tertiary alicyclic amines) is 2. The number of ether oxygens (including phenoxy) is 2. The first-order valence-electron chi connectivity index (χ1n) is 9.70. The maximum Gasteiger partial charge on any atom is 0.248 e. The van der Waals surface area contributed by atoms with Gasteiger partial charge in [0.05, 0.1) is 13.2 Å². The second-order valence-electron chi connectivity index (χ2n) is 7.93. The van der Waals surface area contributed by atoms with Gasteiger partial charge in [0.15, 0.2) is 0 Å². The Labute approximate surface area is 157 Å². The van der Waals surface area contributed by atoms with Gasteiger partial charge in [0, 0.05) is 33.3 Å². The molecule has 2 aliphatic rings. The summed E-state index contributed by atoms with van der Waals surface area (Å²) >= 11 is 0. The summed E-state index contributed by atoms with van der Waals surface area (Å²) in [6.07, 6.45) is 3.41. The summed E-state index contributed by atoms with van der Waals surface area (Å²) in [6.45, 7) is 5.14. The first kappa shape index (κ1) is 19.3. The second kappa shape index (κ2) is 8.98. The Morgan fingerprint density at radius 1 is 1.19 bits per heavy atom. The quantitative estimate of drug-likeness (QED) is 0.731. The fraction of sp³-hybridized carbons (Fsp3) is 0.667. The van der Waals surface area contributed by atoms with Gasteiger partial charge >= 0.3 is 0 Å². The van der Waals surface area contributed by atoms with Crippen LogP contribution in [0.25, 0.3) is 0 Å². The van der Waals surface area contributed by atoms with Gasteiger partial charge in [-0.3, -0.25) is 4.79 Å². The second-order valence-corrected chi connectivity index (χ2v) is 7.93. The molecule has 0 radical (unpaired) electrons. The molecule has 2 fully saturated rings. The molecule has 0 aliphatic carbocycles. The van der Waals surface area contributed by atoms with E-state index in [0.717, 1.165) is 39.0 Å². The van der Waals surface area contributed by atoms with Crippen LogP contribution in [0.3, 0.4) is 0 Å². The Morgan fingerprint density at radius 2 is 1.92 bits per heavy atom. The molecule has 5 heteroatoms. The largest absolute Gasteiger partial charge is 0.382 e. The zero-order valence-corrected chi connectivity index (χ0v) is 16.2. The predicted octanol–water partition coefficient (Wildman–Crippen LogP) is 2.38. The van der Waals surface area contributed by atoms with Gasteiger partial charge in [0.2, 0.25) is 5.91 Å². The first-order chi connectivity index (χ1) is 12.6. The average molecular weight is 360 g/mol. The number of carbonyl (C=O) groups excluding carboxylic acids is 1. The number of likely N-dealkylation sites (N-methyl/N-ethyl adjacent to an activating group) is 1. The molecule has 0 bridgehead atoms. The molecule has 5 nitrogen and oxygen atoms in total. The summed E-state index contributed by atoms with van der Waals surface area (Å²) in [5, 5.41) is 0. The molecule has 1 amide bonds. The fourth-order valence-electron chi connectivity index (χ4n) is 4.60. The SMILES string of the molecule is COCCOCC(=O)N1CCC2(CC1)C[C@H](c1ccccc1)CN(C)C2. The van der Waals surface area contributed by atoms with E-state index in [1.807, 2.05) is 4.90 Å². The minimum atomic E-state index is 0.111. The number of carbonyl (C=O) groups is 1. The summed E-state index contributed by atoms with van der Waals surface area (Å²) in [5.41, 5.74) is 1.78. The van der Waals surface area contributed by atoms with Crippen molar-refractivity contribution in [2.45, 2.75) is 25.2 Å². The van der Waals surface area contributed by atoms with Gasteiger partial charge in [-0.05, 0) is 43.2 Å². The molecule has 0 unspecified atom stereocenters. The summed E-state index contributed by atoms with van der Waals surface area (Å²) in [6, 6.07) is 10.9. The van der Waals surface area contributed by atoms with Crippen molar-refractivity contribution >= 4 is 5.91 Å². The lowest BCUT2D eigenvalue weighted by Gasteiger charge is -2.49. The molecular weight excluding hydrogens is 328 g/mol. The van der Waals surface area contributed by atoms with Crippen LogP contribution in [0.5, 0.6) is 0 Å². The van der Waals surface area contributed by atoms with Gasteiger partial charge < -0.3 is 19.3 Å². The maximum atomic E-state index is 12.3. The van der Waals surface area contributed by atoms with Crippen LogP contribution < -0.4 is 0 Å². The van der Waals surface area contributed by atoms with Crippen LogP contribution in [0.2, 0.25) is 0 Å². The van der Waals surface area contributed by atoms with Crippen LogP contribution in [0.4, 0.5) is 0 Å². The van der Waals surface area contributed by atoms with Crippen LogP contribution in [-0.2, 0) is 14.3 Å². The van der Waals surface area contributed by atoms with Gasteiger partial charge in [-0.1, -0.05) is 30.3 Å². The molecule has 26 heavy (non-hydrogen) atoms. The monoisotopic (exact) mass is 360 g/mol. The molecule has 1 aromatic carbocycles. The molecule has 3 rings (SSSR count). The third kappa shape index (κ3) is 4.84. The zero-order chi connectivity index (χ0) is 18.4. The summed E-state index contributed by atoms with van der Waals surface area (Å²) < 4.78 is 10.3. The first-order valence-corrected chi connectivity index (χ1v) is 9.70. The van der Waals surface area contributed by atoms with E-state index in [1.165, 1.54) is 12.0 Å². The van der Waals surface area contributed by atoms with E-state index in [2.05, 4.69) is 42.3 Å². The van der Waals surface area contributed by atoms with Crippen LogP contribution in [0, 0.1) is 5.41 Å². The zero-order valence-electron chi connectivity index (χ0n) is 16.2. The van der Waals surface area contributed by atoms with Crippen molar-refractivity contribution in [1.82, 2.24) is 9.80 Å². The average Bonchev–Trinajstić information content (AvgIpc) is 2.66. The maximum absolute atomic E-state index is 12.3. The number of methoxy groups -OCH3 is 1. The molecule has 2 heterocycles. The molecule has 1 spiro atoms. The smallest absolute Gasteiger partial charge is 0.248 e. The lowest BCUT2D eigenvalue weighted by atomic mass is 9.68. The van der Waals surface area contributed by atoms with E-state index in [9.17, 15) is 4.79 Å². The Bertz CT molecular complexity index is 570. The summed E-state index contributed by atoms with van der Waals surface area (Å²) in [4.78, 5) is 16.8. The highest BCUT2D eigenvalue weighted by Crippen LogP contribution is 2.44. The fourth-order valence-corrected chi connectivity index (χ4v) is 4.60. The lowest BCUT2D eigenvalue weighted by Crippen LogP contribution is -2.52. The molecule has 0 aromatic heterocycles. The van der Waals surface area contributed by atoms with Gasteiger partial charge in [-0.15, -0.1) is 0 Å². The van der Waals surface area contributed by atoms with E-state index < -0.39 is 0 Å². The van der Waals surface area contributed by atoms with Crippen molar-refractivity contribution in [3.63, 3.8) is 0 Å². The number of rotatable bonds is 6. The number of benzene rings is 1. The van der Waals surface area contributed by atoms with Crippen LogP contribution in [-0.4, -0.2) is 75.9 Å². The minimum absolute atomic E-state index is 0.111. The van der Waals surface area contributed by atoms with Gasteiger partial charge in [-0.2, -0.15) is 0 Å². The third-order valence-corrected chi connectivity index (χ3v) is 5.92. The van der Waals surface area contributed by atoms with E-state index in [0.29, 0.717) is 24.5 Å². The molecule has 2 aliphatic heterocycles. The Hall–Kier alpha value is -1.43. The molecule has 0 saturated carbocycles. The van der Waals surface area contributed by atoms with Gasteiger partial charge in [0.25, 0.3) is 0 Å². The normalized spacial score (nSPS) is 23.3. The van der Waals surface area contributed by atoms with Crippen molar-refractivity contribution in [1.29, 1.82) is 0 Å². The van der Waals surface area contributed by atoms with E-state index >= 15 is 0 Å². The third-order valence-electron chi connectivity index (χ3n) is 5.92. The molecule has 2 saturated heterocycles. The Balaban J connectivity index is 1.54. The van der Waals surface area contributed by atoms with Gasteiger partial charge in [0.1, 0.15) is 6.61 Å². The number of nitrogens with zero attached hydrogens (tertiary/aromatic N) is 2. The van der Waals surface area contributed by atoms with Crippen LogP contribution >= 0.6 is 0 Å². The van der Waals surface area contributed by atoms with E-state index in [1.54, 1.807) is 7.11 Å². The molecule has 0 N–H and O–H groups in total. The molecule has 1 atom stereocenters. The highest BCUT2D eigenvalue weighted by atomic mass is 16.5.